The summed E-state index contributed by atoms with van der Waals surface area (Å²) in [5, 5.41) is 11.9. The van der Waals surface area contributed by atoms with Gasteiger partial charge < -0.3 is 10.2 Å². The molecular formula is C34H42B2N4O. The summed E-state index contributed by atoms with van der Waals surface area (Å²) in [6.07, 6.45) is 9.45. The number of likely N-dealkylation sites (N-methyl/N-ethyl adjacent to an activating group) is 1. The molecule has 0 aliphatic rings. The van der Waals surface area contributed by atoms with Crippen LogP contribution in [0.3, 0.4) is 0 Å². The smallest absolute Gasteiger partial charge is 0.245 e. The summed E-state index contributed by atoms with van der Waals surface area (Å²) < 4.78 is 0. The highest BCUT2D eigenvalue weighted by atomic mass is 16.2. The summed E-state index contributed by atoms with van der Waals surface area (Å²) >= 11 is 0. The Kier molecular flexibility index (Phi) is 10.8. The largest absolute Gasteiger partial charge is 0.345 e. The number of H-pyrrole nitrogens is 1. The van der Waals surface area contributed by atoms with Gasteiger partial charge >= 0.3 is 0 Å². The maximum atomic E-state index is 11.6. The molecule has 0 saturated carbocycles. The van der Waals surface area contributed by atoms with Crippen molar-refractivity contribution >= 4 is 43.6 Å². The van der Waals surface area contributed by atoms with Crippen LogP contribution >= 0.6 is 0 Å². The highest BCUT2D eigenvalue weighted by molar-refractivity contribution is 6.35. The maximum absolute atomic E-state index is 11.6. The lowest BCUT2D eigenvalue weighted by atomic mass is 9.67. The van der Waals surface area contributed by atoms with Crippen molar-refractivity contribution < 1.29 is 4.79 Å². The molecule has 3 aromatic carbocycles. The van der Waals surface area contributed by atoms with Crippen molar-refractivity contribution in [3.8, 4) is 0 Å². The van der Waals surface area contributed by atoms with E-state index in [1.807, 2.05) is 12.3 Å². The molecule has 0 aliphatic heterocycles. The molecule has 41 heavy (non-hydrogen) atoms. The van der Waals surface area contributed by atoms with Gasteiger partial charge in [-0.25, -0.2) is 0 Å². The second-order valence-electron chi connectivity index (χ2n) is 11.3. The fourth-order valence-electron chi connectivity index (χ4n) is 5.30. The van der Waals surface area contributed by atoms with Gasteiger partial charge in [0, 0.05) is 32.1 Å². The van der Waals surface area contributed by atoms with E-state index in [9.17, 15) is 4.79 Å². The van der Waals surface area contributed by atoms with Crippen molar-refractivity contribution in [3.05, 3.63) is 113 Å². The van der Waals surface area contributed by atoms with Gasteiger partial charge in [-0.05, 0) is 83.3 Å². The Labute approximate surface area is 246 Å². The Hall–Kier alpha value is -3.83. The number of hydrogen-bond donors (Lipinski definition) is 2. The third-order valence-electron chi connectivity index (χ3n) is 7.38. The first-order chi connectivity index (χ1) is 19.9. The number of aromatic nitrogens is 2. The minimum absolute atomic E-state index is 0.0136. The van der Waals surface area contributed by atoms with Crippen molar-refractivity contribution in [1.29, 1.82) is 0 Å². The maximum Gasteiger partial charge on any atom is 0.245 e. The summed E-state index contributed by atoms with van der Waals surface area (Å²) in [5.41, 5.74) is 10.8. The first kappa shape index (κ1) is 30.1. The Morgan fingerprint density at radius 1 is 1.05 bits per heavy atom. The molecule has 210 valence electrons. The van der Waals surface area contributed by atoms with Crippen LogP contribution in [0, 0.1) is 0 Å². The molecule has 0 bridgehead atoms. The van der Waals surface area contributed by atoms with E-state index >= 15 is 0 Å². The molecule has 4 rings (SSSR count). The van der Waals surface area contributed by atoms with E-state index in [0.29, 0.717) is 12.3 Å². The zero-order valence-corrected chi connectivity index (χ0v) is 25.2. The van der Waals surface area contributed by atoms with E-state index in [1.165, 1.54) is 39.0 Å². The van der Waals surface area contributed by atoms with Gasteiger partial charge in [0.1, 0.15) is 0 Å². The second kappa shape index (κ2) is 14.7. The number of carbonyl (C=O) groups is 1. The Bertz CT molecular complexity index is 1500. The monoisotopic (exact) mass is 544 g/mol. The predicted molar refractivity (Wildman–Crippen MR) is 179 cm³/mol. The zero-order chi connectivity index (χ0) is 29.2. The summed E-state index contributed by atoms with van der Waals surface area (Å²) in [6.45, 7) is 3.88. The van der Waals surface area contributed by atoms with Gasteiger partial charge in [0.25, 0.3) is 0 Å². The average molecular weight is 544 g/mol. The number of rotatable bonds is 13. The van der Waals surface area contributed by atoms with Crippen molar-refractivity contribution in [2.75, 3.05) is 27.2 Å². The fourth-order valence-corrected chi connectivity index (χ4v) is 5.30. The van der Waals surface area contributed by atoms with Gasteiger partial charge in [0.05, 0.1) is 27.4 Å². The number of aryl methyl sites for hydroxylation is 1. The second-order valence-corrected chi connectivity index (χ2v) is 11.3. The van der Waals surface area contributed by atoms with Crippen molar-refractivity contribution in [1.82, 2.24) is 20.4 Å². The standard InChI is InChI=1S/C34H42B2N4O/c1-4-29(30-11-6-5-10-26(30)22-32(35)36)34(27-17-18-31-28(21-27)23-38-39-31)25-15-13-24(14-16-25)9-7-19-37-20-8-12-33(41)40(2)3/h5-6,8,10-18,21,23,32,37H,4,7,9,19-20,22,35-36H2,1-3H3,(H,38,39)/b12-8+,34-29+. The van der Waals surface area contributed by atoms with Crippen molar-refractivity contribution in [2.24, 2.45) is 0 Å². The highest BCUT2D eigenvalue weighted by Crippen LogP contribution is 2.37. The quantitative estimate of drug-likeness (QED) is 0.112. The molecule has 0 unspecified atom stereocenters. The molecule has 0 aliphatic carbocycles. The number of aromatic amines is 1. The zero-order valence-electron chi connectivity index (χ0n) is 25.2. The number of nitrogens with one attached hydrogen (secondary N) is 2. The SMILES string of the molecule is BC(B)Cc1ccccc1/C(CC)=C(\c1ccc(CCCNC/C=C/C(=O)N(C)C)cc1)c1ccc2[nH]ncc2c1. The molecule has 7 heteroatoms. The van der Waals surface area contributed by atoms with E-state index in [-0.39, 0.29) is 5.91 Å². The normalized spacial score (nSPS) is 12.3. The molecule has 5 nitrogen and oxygen atoms in total. The van der Waals surface area contributed by atoms with Crippen LogP contribution in [0.25, 0.3) is 22.0 Å². The van der Waals surface area contributed by atoms with Crippen LogP contribution in [-0.2, 0) is 17.6 Å². The lowest BCUT2D eigenvalue weighted by Gasteiger charge is -2.20. The number of amides is 1. The van der Waals surface area contributed by atoms with Gasteiger partial charge in [-0.15, -0.1) is 0 Å². The van der Waals surface area contributed by atoms with E-state index in [2.05, 4.69) is 105 Å². The number of fused-ring (bicyclic) bond motifs is 1. The first-order valence-electron chi connectivity index (χ1n) is 14.8. The molecule has 0 fully saturated rings. The number of nitrogens with zero attached hydrogens (tertiary/aromatic N) is 2. The highest BCUT2D eigenvalue weighted by Gasteiger charge is 2.17. The van der Waals surface area contributed by atoms with Crippen LogP contribution in [0.5, 0.6) is 0 Å². The molecule has 0 spiro atoms. The van der Waals surface area contributed by atoms with Crippen molar-refractivity contribution in [3.63, 3.8) is 0 Å². The van der Waals surface area contributed by atoms with E-state index in [4.69, 9.17) is 0 Å². The molecule has 1 aromatic heterocycles. The summed E-state index contributed by atoms with van der Waals surface area (Å²) in [4.78, 5) is 13.2. The van der Waals surface area contributed by atoms with Crippen LogP contribution in [0.15, 0.2) is 85.1 Å². The summed E-state index contributed by atoms with van der Waals surface area (Å²) in [5.74, 6) is 0.0136. The summed E-state index contributed by atoms with van der Waals surface area (Å²) in [6, 6.07) is 24.6. The number of allylic oxidation sites excluding steroid dienone is 1. The lowest BCUT2D eigenvalue weighted by Crippen LogP contribution is -2.20. The third-order valence-corrected chi connectivity index (χ3v) is 7.38. The topological polar surface area (TPSA) is 61.0 Å². The fraction of sp³-hybridized carbons (Fsp3) is 0.294. The van der Waals surface area contributed by atoms with E-state index in [1.54, 1.807) is 25.1 Å². The number of hydrogen-bond acceptors (Lipinski definition) is 3. The Morgan fingerprint density at radius 2 is 1.80 bits per heavy atom. The molecule has 1 amide bonds. The lowest BCUT2D eigenvalue weighted by molar-refractivity contribution is -0.123. The molecule has 2 N–H and O–H groups in total. The van der Waals surface area contributed by atoms with Crippen LogP contribution in [0.4, 0.5) is 0 Å². The van der Waals surface area contributed by atoms with Crippen LogP contribution in [0.2, 0.25) is 5.72 Å². The minimum Gasteiger partial charge on any atom is -0.345 e. The van der Waals surface area contributed by atoms with Crippen LogP contribution in [-0.4, -0.2) is 63.9 Å². The van der Waals surface area contributed by atoms with Gasteiger partial charge in [-0.2, -0.15) is 5.10 Å². The van der Waals surface area contributed by atoms with Gasteiger partial charge in [0.15, 0.2) is 0 Å². The predicted octanol–water partition coefficient (Wildman–Crippen LogP) is 4.65. The first-order valence-corrected chi connectivity index (χ1v) is 14.8. The van der Waals surface area contributed by atoms with Gasteiger partial charge in [0.2, 0.25) is 5.91 Å². The average Bonchev–Trinajstić information content (AvgIpc) is 3.44. The molecular weight excluding hydrogens is 502 g/mol. The van der Waals surface area contributed by atoms with Crippen LogP contribution in [0.1, 0.15) is 47.6 Å². The van der Waals surface area contributed by atoms with Gasteiger partial charge in [-0.3, -0.25) is 9.89 Å². The molecule has 0 radical (unpaired) electrons. The number of benzene rings is 3. The minimum atomic E-state index is 0.0136. The number of carbonyl (C=O) groups excluding carboxylic acids is 1. The third kappa shape index (κ3) is 8.11. The van der Waals surface area contributed by atoms with E-state index in [0.717, 1.165) is 43.1 Å². The van der Waals surface area contributed by atoms with Crippen molar-refractivity contribution in [2.45, 2.75) is 38.3 Å². The Morgan fingerprint density at radius 3 is 2.54 bits per heavy atom. The van der Waals surface area contributed by atoms with Crippen LogP contribution < -0.4 is 5.32 Å². The van der Waals surface area contributed by atoms with E-state index < -0.39 is 0 Å². The molecule has 4 aromatic rings. The molecule has 0 saturated heterocycles. The summed E-state index contributed by atoms with van der Waals surface area (Å²) in [7, 11) is 8.10. The molecule has 0 atom stereocenters. The van der Waals surface area contributed by atoms with Gasteiger partial charge in [-0.1, -0.05) is 73.3 Å². The molecule has 1 heterocycles. The Balaban J connectivity index is 1.59.